The second-order valence-corrected chi connectivity index (χ2v) is 4.86. The van der Waals surface area contributed by atoms with Crippen molar-refractivity contribution in [1.82, 2.24) is 0 Å². The minimum absolute atomic E-state index is 0.0862. The minimum atomic E-state index is -0.678. The highest BCUT2D eigenvalue weighted by Crippen LogP contribution is 2.19. The molecule has 0 heterocycles. The third-order valence-electron chi connectivity index (χ3n) is 3.10. The van der Waals surface area contributed by atoms with E-state index in [1.54, 1.807) is 31.2 Å². The fourth-order valence-corrected chi connectivity index (χ4v) is 1.99. The topological polar surface area (TPSA) is 108 Å². The zero-order valence-corrected chi connectivity index (χ0v) is 13.4. The number of ether oxygens (including phenoxy) is 2. The molecule has 0 aliphatic rings. The average molecular weight is 344 g/mol. The molecule has 8 heteroatoms. The molecule has 0 bridgehead atoms. The number of para-hydroxylation sites is 1. The highest BCUT2D eigenvalue weighted by molar-refractivity contribution is 5.96. The zero-order chi connectivity index (χ0) is 18.2. The summed E-state index contributed by atoms with van der Waals surface area (Å²) >= 11 is 0. The van der Waals surface area contributed by atoms with Crippen LogP contribution in [0.15, 0.2) is 48.5 Å². The Morgan fingerprint density at radius 3 is 2.44 bits per heavy atom. The van der Waals surface area contributed by atoms with Crippen LogP contribution in [0.1, 0.15) is 17.3 Å². The first-order chi connectivity index (χ1) is 12.0. The van der Waals surface area contributed by atoms with Crippen LogP contribution in [0, 0.1) is 10.1 Å². The Hall–Kier alpha value is -3.42. The molecule has 2 aromatic carbocycles. The van der Waals surface area contributed by atoms with Crippen LogP contribution in [0.2, 0.25) is 0 Å². The molecule has 130 valence electrons. The van der Waals surface area contributed by atoms with Crippen molar-refractivity contribution in [2.75, 3.05) is 18.5 Å². The summed E-state index contributed by atoms with van der Waals surface area (Å²) in [7, 11) is 0. The minimum Gasteiger partial charge on any atom is -0.493 e. The van der Waals surface area contributed by atoms with Gasteiger partial charge in [0.1, 0.15) is 11.3 Å². The number of hydrogen-bond donors (Lipinski definition) is 1. The van der Waals surface area contributed by atoms with E-state index in [2.05, 4.69) is 5.32 Å². The molecule has 0 spiro atoms. The summed E-state index contributed by atoms with van der Waals surface area (Å²) in [6.45, 7) is 1.70. The molecule has 0 radical (unpaired) electrons. The van der Waals surface area contributed by atoms with Gasteiger partial charge in [-0.3, -0.25) is 14.9 Å². The van der Waals surface area contributed by atoms with E-state index >= 15 is 0 Å². The number of nitrogens with one attached hydrogen (secondary N) is 1. The standard InChI is InChI=1S/C17H16N2O6/c1-2-24-15-6-4-3-5-14(15)17(21)25-11-16(20)18-12-7-9-13(10-8-12)19(22)23/h3-10H,2,11H2,1H3,(H,18,20). The van der Waals surface area contributed by atoms with Gasteiger partial charge in [-0.2, -0.15) is 0 Å². The third kappa shape index (κ3) is 5.03. The molecule has 0 aliphatic heterocycles. The molecule has 1 N–H and O–H groups in total. The molecule has 2 aromatic rings. The van der Waals surface area contributed by atoms with Crippen LogP contribution in [-0.4, -0.2) is 30.0 Å². The number of benzene rings is 2. The van der Waals surface area contributed by atoms with E-state index in [9.17, 15) is 19.7 Å². The van der Waals surface area contributed by atoms with Crippen LogP contribution in [0.3, 0.4) is 0 Å². The fourth-order valence-electron chi connectivity index (χ4n) is 1.99. The number of esters is 1. The van der Waals surface area contributed by atoms with Crippen LogP contribution >= 0.6 is 0 Å². The van der Waals surface area contributed by atoms with Crippen LogP contribution in [0.25, 0.3) is 0 Å². The van der Waals surface area contributed by atoms with Crippen LogP contribution in [0.5, 0.6) is 5.75 Å². The van der Waals surface area contributed by atoms with Gasteiger partial charge in [0.25, 0.3) is 11.6 Å². The van der Waals surface area contributed by atoms with Crippen LogP contribution in [0.4, 0.5) is 11.4 Å². The number of nitro benzene ring substituents is 1. The lowest BCUT2D eigenvalue weighted by molar-refractivity contribution is -0.384. The largest absolute Gasteiger partial charge is 0.493 e. The molecule has 0 fully saturated rings. The lowest BCUT2D eigenvalue weighted by atomic mass is 10.2. The van der Waals surface area contributed by atoms with Gasteiger partial charge in [0.05, 0.1) is 11.5 Å². The molecule has 0 atom stereocenters. The summed E-state index contributed by atoms with van der Waals surface area (Å²) in [5, 5.41) is 13.1. The Morgan fingerprint density at radius 1 is 1.12 bits per heavy atom. The van der Waals surface area contributed by atoms with Crippen molar-refractivity contribution in [2.24, 2.45) is 0 Å². The van der Waals surface area contributed by atoms with Crippen molar-refractivity contribution >= 4 is 23.3 Å². The van der Waals surface area contributed by atoms with Crippen molar-refractivity contribution in [3.8, 4) is 5.75 Å². The summed E-state index contributed by atoms with van der Waals surface area (Å²) in [4.78, 5) is 33.9. The summed E-state index contributed by atoms with van der Waals surface area (Å²) in [6.07, 6.45) is 0. The zero-order valence-electron chi connectivity index (χ0n) is 13.4. The van der Waals surface area contributed by atoms with E-state index in [0.29, 0.717) is 18.0 Å². The van der Waals surface area contributed by atoms with E-state index in [4.69, 9.17) is 9.47 Å². The normalized spacial score (nSPS) is 9.96. The van der Waals surface area contributed by atoms with Crippen LogP contribution in [-0.2, 0) is 9.53 Å². The van der Waals surface area contributed by atoms with Gasteiger partial charge in [0.2, 0.25) is 0 Å². The second-order valence-electron chi connectivity index (χ2n) is 4.86. The molecular weight excluding hydrogens is 328 g/mol. The van der Waals surface area contributed by atoms with Crippen molar-refractivity contribution in [3.63, 3.8) is 0 Å². The summed E-state index contributed by atoms with van der Waals surface area (Å²) in [5.74, 6) is -0.857. The lowest BCUT2D eigenvalue weighted by Crippen LogP contribution is -2.21. The van der Waals surface area contributed by atoms with Gasteiger partial charge < -0.3 is 14.8 Å². The number of hydrogen-bond acceptors (Lipinski definition) is 6. The van der Waals surface area contributed by atoms with E-state index in [1.807, 2.05) is 0 Å². The van der Waals surface area contributed by atoms with Crippen molar-refractivity contribution in [3.05, 3.63) is 64.2 Å². The summed E-state index contributed by atoms with van der Waals surface area (Å²) in [5.41, 5.74) is 0.505. The van der Waals surface area contributed by atoms with Gasteiger partial charge in [-0.1, -0.05) is 12.1 Å². The highest BCUT2D eigenvalue weighted by atomic mass is 16.6. The predicted octanol–water partition coefficient (Wildman–Crippen LogP) is 2.79. The molecule has 2 rings (SSSR count). The van der Waals surface area contributed by atoms with Crippen molar-refractivity contribution in [2.45, 2.75) is 6.92 Å². The molecule has 25 heavy (non-hydrogen) atoms. The van der Waals surface area contributed by atoms with E-state index in [-0.39, 0.29) is 11.3 Å². The SMILES string of the molecule is CCOc1ccccc1C(=O)OCC(=O)Nc1ccc([N+](=O)[O-])cc1. The molecule has 8 nitrogen and oxygen atoms in total. The predicted molar refractivity (Wildman–Crippen MR) is 89.6 cm³/mol. The number of nitro groups is 1. The molecular formula is C17H16N2O6. The maximum absolute atomic E-state index is 12.1. The molecule has 1 amide bonds. The number of amides is 1. The maximum Gasteiger partial charge on any atom is 0.342 e. The first-order valence-electron chi connectivity index (χ1n) is 7.44. The van der Waals surface area contributed by atoms with E-state index < -0.39 is 23.4 Å². The van der Waals surface area contributed by atoms with E-state index in [0.717, 1.165) is 0 Å². The number of carbonyl (C=O) groups is 2. The Balaban J connectivity index is 1.91. The Kier molecular flexibility index (Phi) is 6.05. The Labute approximate surface area is 143 Å². The van der Waals surface area contributed by atoms with Gasteiger partial charge in [0, 0.05) is 17.8 Å². The van der Waals surface area contributed by atoms with Gasteiger partial charge in [-0.25, -0.2) is 4.79 Å². The van der Waals surface area contributed by atoms with Gasteiger partial charge in [-0.05, 0) is 31.2 Å². The highest BCUT2D eigenvalue weighted by Gasteiger charge is 2.15. The first-order valence-corrected chi connectivity index (χ1v) is 7.44. The molecule has 0 aliphatic carbocycles. The summed E-state index contributed by atoms with van der Waals surface area (Å²) in [6, 6.07) is 11.9. The van der Waals surface area contributed by atoms with E-state index in [1.165, 1.54) is 24.3 Å². The fraction of sp³-hybridized carbons (Fsp3) is 0.176. The summed E-state index contributed by atoms with van der Waals surface area (Å²) < 4.78 is 10.3. The lowest BCUT2D eigenvalue weighted by Gasteiger charge is -2.10. The average Bonchev–Trinajstić information content (AvgIpc) is 2.61. The molecule has 0 saturated carbocycles. The molecule has 0 unspecified atom stereocenters. The van der Waals surface area contributed by atoms with Crippen molar-refractivity contribution < 1.29 is 24.0 Å². The first kappa shape index (κ1) is 17.9. The smallest absolute Gasteiger partial charge is 0.342 e. The second kappa shape index (κ2) is 8.44. The number of non-ortho nitro benzene ring substituents is 1. The van der Waals surface area contributed by atoms with Crippen molar-refractivity contribution in [1.29, 1.82) is 0 Å². The van der Waals surface area contributed by atoms with Gasteiger partial charge >= 0.3 is 5.97 Å². The number of rotatable bonds is 7. The van der Waals surface area contributed by atoms with Gasteiger partial charge in [-0.15, -0.1) is 0 Å². The maximum atomic E-state index is 12.1. The number of anilines is 1. The molecule has 0 aromatic heterocycles. The Bertz CT molecular complexity index is 773. The van der Waals surface area contributed by atoms with Gasteiger partial charge in [0.15, 0.2) is 6.61 Å². The molecule has 0 saturated heterocycles. The monoisotopic (exact) mass is 344 g/mol. The Morgan fingerprint density at radius 2 is 1.80 bits per heavy atom. The van der Waals surface area contributed by atoms with Crippen LogP contribution < -0.4 is 10.1 Å². The third-order valence-corrected chi connectivity index (χ3v) is 3.10. The number of carbonyl (C=O) groups excluding carboxylic acids is 2. The quantitative estimate of drug-likeness (QED) is 0.470. The number of nitrogens with zero attached hydrogens (tertiary/aromatic N) is 1.